The maximum Gasteiger partial charge on any atom is 0.361 e. The van der Waals surface area contributed by atoms with E-state index in [1.807, 2.05) is 21.1 Å². The minimum absolute atomic E-state index is 0.183. The fourth-order valence-electron chi connectivity index (χ4n) is 4.64. The van der Waals surface area contributed by atoms with E-state index >= 15 is 0 Å². The molecular formula is C39H70NO8+. The van der Waals surface area contributed by atoms with Gasteiger partial charge in [-0.3, -0.25) is 9.59 Å². The van der Waals surface area contributed by atoms with Gasteiger partial charge in [0.2, 0.25) is 0 Å². The molecular weight excluding hydrogens is 610 g/mol. The molecule has 0 saturated carbocycles. The minimum Gasteiger partial charge on any atom is -0.477 e. The van der Waals surface area contributed by atoms with Gasteiger partial charge in [-0.15, -0.1) is 0 Å². The number of allylic oxidation sites excluding steroid dienone is 6. The van der Waals surface area contributed by atoms with Gasteiger partial charge in [-0.25, -0.2) is 4.79 Å². The average molecular weight is 681 g/mol. The Hall–Kier alpha value is -2.49. The van der Waals surface area contributed by atoms with E-state index in [1.54, 1.807) is 0 Å². The molecule has 0 rings (SSSR count). The smallest absolute Gasteiger partial charge is 0.361 e. The topological polar surface area (TPSA) is 108 Å². The second kappa shape index (κ2) is 31.8. The van der Waals surface area contributed by atoms with Crippen molar-refractivity contribution in [3.63, 3.8) is 0 Å². The molecule has 1 N–H and O–H groups in total. The van der Waals surface area contributed by atoms with Crippen molar-refractivity contribution in [2.75, 3.05) is 47.5 Å². The van der Waals surface area contributed by atoms with Crippen molar-refractivity contribution in [2.24, 2.45) is 0 Å². The number of esters is 2. The van der Waals surface area contributed by atoms with Gasteiger partial charge in [0.05, 0.1) is 34.4 Å². The molecule has 0 aromatic heterocycles. The Kier molecular flexibility index (Phi) is 30.1. The molecule has 0 heterocycles. The summed E-state index contributed by atoms with van der Waals surface area (Å²) in [5.41, 5.74) is 0. The van der Waals surface area contributed by atoms with Gasteiger partial charge in [-0.2, -0.15) is 0 Å². The lowest BCUT2D eigenvalue weighted by Crippen LogP contribution is -2.40. The largest absolute Gasteiger partial charge is 0.477 e. The van der Waals surface area contributed by atoms with Crippen molar-refractivity contribution in [3.05, 3.63) is 36.5 Å². The molecule has 9 nitrogen and oxygen atoms in total. The number of carbonyl (C=O) groups is 3. The number of nitrogens with zero attached hydrogens (tertiary/aromatic N) is 1. The van der Waals surface area contributed by atoms with Gasteiger partial charge in [0, 0.05) is 12.8 Å². The number of likely N-dealkylation sites (N-methyl/N-ethyl adjacent to an activating group) is 1. The number of unbranched alkanes of at least 4 members (excludes halogenated alkanes) is 12. The van der Waals surface area contributed by atoms with E-state index in [9.17, 15) is 19.5 Å². The van der Waals surface area contributed by atoms with Gasteiger partial charge in [-0.05, 0) is 57.8 Å². The van der Waals surface area contributed by atoms with Crippen molar-refractivity contribution in [1.82, 2.24) is 0 Å². The molecule has 0 radical (unpaired) electrons. The van der Waals surface area contributed by atoms with Crippen molar-refractivity contribution in [3.8, 4) is 0 Å². The van der Waals surface area contributed by atoms with E-state index in [-0.39, 0.29) is 38.6 Å². The summed E-state index contributed by atoms with van der Waals surface area (Å²) in [5.74, 6) is -2.05. The predicted molar refractivity (Wildman–Crippen MR) is 194 cm³/mol. The molecule has 0 bridgehead atoms. The van der Waals surface area contributed by atoms with Gasteiger partial charge < -0.3 is 28.5 Å². The van der Waals surface area contributed by atoms with Gasteiger partial charge in [0.15, 0.2) is 6.10 Å². The number of aliphatic carboxylic acids is 1. The third-order valence-electron chi connectivity index (χ3n) is 7.58. The fraction of sp³-hybridized carbons (Fsp3) is 0.769. The van der Waals surface area contributed by atoms with E-state index in [0.717, 1.165) is 89.9 Å². The van der Waals surface area contributed by atoms with Crippen LogP contribution in [0, 0.1) is 0 Å². The third kappa shape index (κ3) is 32.1. The van der Waals surface area contributed by atoms with Gasteiger partial charge in [-0.1, -0.05) is 102 Å². The number of carboxylic acid groups (broad SMARTS) is 1. The van der Waals surface area contributed by atoms with Crippen LogP contribution in [-0.2, 0) is 33.3 Å². The maximum absolute atomic E-state index is 12.6. The van der Waals surface area contributed by atoms with Crippen molar-refractivity contribution < 1.29 is 42.9 Å². The normalized spacial score (nSPS) is 13.4. The summed E-state index contributed by atoms with van der Waals surface area (Å²) >= 11 is 0. The summed E-state index contributed by atoms with van der Waals surface area (Å²) in [6.45, 7) is 4.68. The number of hydrogen-bond acceptors (Lipinski definition) is 7. The predicted octanol–water partition coefficient (Wildman–Crippen LogP) is 8.71. The first-order valence-corrected chi connectivity index (χ1v) is 18.7. The second-order valence-electron chi connectivity index (χ2n) is 13.5. The highest BCUT2D eigenvalue weighted by Crippen LogP contribution is 2.12. The third-order valence-corrected chi connectivity index (χ3v) is 7.58. The SMILES string of the molecule is CCC/C=C\C/C=C\CCCCCCCC(=O)OC(COC(=O)CCCCCCC/C=C\CCC)COC(OCC[N+](C)(C)C)C(=O)O. The minimum atomic E-state index is -1.51. The van der Waals surface area contributed by atoms with Gasteiger partial charge in [0.1, 0.15) is 13.2 Å². The van der Waals surface area contributed by atoms with Crippen LogP contribution in [0.3, 0.4) is 0 Å². The zero-order valence-corrected chi connectivity index (χ0v) is 31.1. The summed E-state index contributed by atoms with van der Waals surface area (Å²) in [6, 6.07) is 0. The quantitative estimate of drug-likeness (QED) is 0.0241. The summed E-state index contributed by atoms with van der Waals surface area (Å²) in [6.07, 6.45) is 29.2. The lowest BCUT2D eigenvalue weighted by atomic mass is 10.1. The molecule has 0 aromatic carbocycles. The van der Waals surface area contributed by atoms with Crippen LogP contribution in [0.1, 0.15) is 136 Å². The lowest BCUT2D eigenvalue weighted by molar-refractivity contribution is -0.870. The van der Waals surface area contributed by atoms with Crippen LogP contribution in [0.5, 0.6) is 0 Å². The molecule has 0 aliphatic heterocycles. The monoisotopic (exact) mass is 681 g/mol. The fourth-order valence-corrected chi connectivity index (χ4v) is 4.64. The highest BCUT2D eigenvalue weighted by Gasteiger charge is 2.25. The van der Waals surface area contributed by atoms with Crippen LogP contribution in [0.15, 0.2) is 36.5 Å². The maximum atomic E-state index is 12.6. The number of rotatable bonds is 33. The Balaban J connectivity index is 4.60. The average Bonchev–Trinajstić information content (AvgIpc) is 3.03. The molecule has 2 atom stereocenters. The van der Waals surface area contributed by atoms with Crippen LogP contribution < -0.4 is 0 Å². The first kappa shape index (κ1) is 45.5. The number of quaternary nitrogens is 1. The van der Waals surface area contributed by atoms with E-state index in [4.69, 9.17) is 18.9 Å². The zero-order valence-electron chi connectivity index (χ0n) is 31.1. The number of carboxylic acids is 1. The molecule has 278 valence electrons. The van der Waals surface area contributed by atoms with Crippen molar-refractivity contribution in [1.29, 1.82) is 0 Å². The molecule has 48 heavy (non-hydrogen) atoms. The molecule has 0 aliphatic carbocycles. The van der Waals surface area contributed by atoms with Gasteiger partial charge >= 0.3 is 17.9 Å². The summed E-state index contributed by atoms with van der Waals surface area (Å²) in [7, 11) is 5.93. The molecule has 0 aromatic rings. The number of ether oxygens (including phenoxy) is 4. The Morgan fingerprint density at radius 1 is 0.625 bits per heavy atom. The first-order chi connectivity index (χ1) is 23.1. The van der Waals surface area contributed by atoms with Crippen LogP contribution in [0.4, 0.5) is 0 Å². The lowest BCUT2D eigenvalue weighted by Gasteiger charge is -2.25. The molecule has 0 fully saturated rings. The van der Waals surface area contributed by atoms with Crippen LogP contribution >= 0.6 is 0 Å². The van der Waals surface area contributed by atoms with E-state index in [1.165, 1.54) is 12.8 Å². The molecule has 2 unspecified atom stereocenters. The summed E-state index contributed by atoms with van der Waals surface area (Å²) in [5, 5.41) is 9.57. The molecule has 9 heteroatoms. The molecule has 0 spiro atoms. The van der Waals surface area contributed by atoms with Crippen LogP contribution in [0.25, 0.3) is 0 Å². The first-order valence-electron chi connectivity index (χ1n) is 18.7. The Morgan fingerprint density at radius 2 is 1.12 bits per heavy atom. The van der Waals surface area contributed by atoms with Crippen molar-refractivity contribution >= 4 is 17.9 Å². The van der Waals surface area contributed by atoms with E-state index in [0.29, 0.717) is 17.4 Å². The van der Waals surface area contributed by atoms with Crippen LogP contribution in [-0.4, -0.2) is 87.4 Å². The summed E-state index contributed by atoms with van der Waals surface area (Å²) in [4.78, 5) is 36.8. The standard InChI is InChI=1S/C39H69NO8/c1-6-8-10-12-14-16-18-19-20-22-24-26-28-30-37(42)48-35(34-47-39(38(43)44)45-32-31-40(3,4)5)33-46-36(41)29-27-25-23-21-17-15-13-11-9-7-2/h10-13,16,18,35,39H,6-9,14-15,17,19-34H2,1-5H3/p+1/b12-10-,13-11-,18-16-. The molecule has 0 saturated heterocycles. The Labute approximate surface area is 292 Å². The second-order valence-corrected chi connectivity index (χ2v) is 13.5. The van der Waals surface area contributed by atoms with E-state index < -0.39 is 24.3 Å². The highest BCUT2D eigenvalue weighted by atomic mass is 16.7. The van der Waals surface area contributed by atoms with Crippen LogP contribution in [0.2, 0.25) is 0 Å². The molecule has 0 aliphatic rings. The number of hydrogen-bond donors (Lipinski definition) is 1. The highest BCUT2D eigenvalue weighted by molar-refractivity contribution is 5.71. The Bertz CT molecular complexity index is 893. The van der Waals surface area contributed by atoms with Crippen molar-refractivity contribution in [2.45, 2.75) is 148 Å². The zero-order chi connectivity index (χ0) is 35.7. The van der Waals surface area contributed by atoms with E-state index in [2.05, 4.69) is 50.3 Å². The Morgan fingerprint density at radius 3 is 1.69 bits per heavy atom. The molecule has 0 amide bonds. The number of carbonyl (C=O) groups excluding carboxylic acids is 2. The van der Waals surface area contributed by atoms with Gasteiger partial charge in [0.25, 0.3) is 6.29 Å². The summed E-state index contributed by atoms with van der Waals surface area (Å²) < 4.78 is 22.5.